The normalized spacial score (nSPS) is 13.3. The Bertz CT molecular complexity index is 645. The summed E-state index contributed by atoms with van der Waals surface area (Å²) in [6, 6.07) is 3.90. The van der Waals surface area contributed by atoms with Crippen molar-refractivity contribution in [3.05, 3.63) is 23.4 Å². The molecule has 2 heterocycles. The summed E-state index contributed by atoms with van der Waals surface area (Å²) in [7, 11) is 0. The molecule has 2 rings (SSSR count). The van der Waals surface area contributed by atoms with E-state index in [4.69, 9.17) is 10.3 Å². The minimum atomic E-state index is -0.345. The maximum absolute atomic E-state index is 12.1. The van der Waals surface area contributed by atoms with Crippen LogP contribution in [0, 0.1) is 5.92 Å². The quantitative estimate of drug-likeness (QED) is 0.688. The zero-order valence-corrected chi connectivity index (χ0v) is 16.6. The molecule has 0 aromatic carbocycles. The zero-order chi connectivity index (χ0) is 17.6. The average Bonchev–Trinajstić information content (AvgIpc) is 3.17. The van der Waals surface area contributed by atoms with Gasteiger partial charge in [0.1, 0.15) is 0 Å². The molecule has 0 aliphatic heterocycles. The van der Waals surface area contributed by atoms with E-state index in [1.807, 2.05) is 24.4 Å². The molecule has 8 heteroatoms. The molecule has 140 valence electrons. The van der Waals surface area contributed by atoms with Crippen LogP contribution in [0.3, 0.4) is 0 Å². The summed E-state index contributed by atoms with van der Waals surface area (Å²) in [6.07, 6.45) is 2.54. The molecule has 2 aromatic heterocycles. The molecule has 0 bridgehead atoms. The third-order valence-corrected chi connectivity index (χ3v) is 4.62. The largest absolute Gasteiger partial charge is 0.350 e. The number of aryl methyl sites for hydroxylation is 1. The fourth-order valence-corrected chi connectivity index (χ4v) is 3.40. The summed E-state index contributed by atoms with van der Waals surface area (Å²) in [6.45, 7) is 6.68. The number of thiophene rings is 1. The summed E-state index contributed by atoms with van der Waals surface area (Å²) >= 11 is 1.57. The highest BCUT2D eigenvalue weighted by atomic mass is 35.5. The van der Waals surface area contributed by atoms with Crippen molar-refractivity contribution in [2.75, 3.05) is 6.54 Å². The molecule has 0 spiro atoms. The molecule has 0 radical (unpaired) electrons. The van der Waals surface area contributed by atoms with Crippen molar-refractivity contribution in [1.29, 1.82) is 0 Å². The van der Waals surface area contributed by atoms with Gasteiger partial charge in [-0.1, -0.05) is 25.1 Å². The molecule has 25 heavy (non-hydrogen) atoms. The van der Waals surface area contributed by atoms with E-state index >= 15 is 0 Å². The minimum absolute atomic E-state index is 0. The Kier molecular flexibility index (Phi) is 8.55. The molecule has 0 aliphatic carbocycles. The van der Waals surface area contributed by atoms with Crippen molar-refractivity contribution in [3.63, 3.8) is 0 Å². The van der Waals surface area contributed by atoms with E-state index < -0.39 is 0 Å². The number of nitrogens with two attached hydrogens (primary N) is 1. The van der Waals surface area contributed by atoms with Crippen LogP contribution < -0.4 is 11.1 Å². The third kappa shape index (κ3) is 6.76. The number of carbonyl (C=O) groups excluding carboxylic acids is 1. The van der Waals surface area contributed by atoms with Gasteiger partial charge >= 0.3 is 0 Å². The molecule has 0 saturated carbocycles. The summed E-state index contributed by atoms with van der Waals surface area (Å²) < 4.78 is 5.24. The van der Waals surface area contributed by atoms with Gasteiger partial charge in [-0.3, -0.25) is 4.79 Å². The number of hydrogen-bond donors (Lipinski definition) is 2. The molecule has 0 fully saturated rings. The van der Waals surface area contributed by atoms with E-state index in [0.29, 0.717) is 43.4 Å². The van der Waals surface area contributed by atoms with Gasteiger partial charge < -0.3 is 15.6 Å². The summed E-state index contributed by atoms with van der Waals surface area (Å²) in [5, 5.41) is 9.00. The van der Waals surface area contributed by atoms with Crippen LogP contribution in [0.1, 0.15) is 45.9 Å². The minimum Gasteiger partial charge on any atom is -0.350 e. The lowest BCUT2D eigenvalue weighted by molar-refractivity contribution is -0.123. The van der Waals surface area contributed by atoms with Crippen molar-refractivity contribution in [1.82, 2.24) is 15.5 Å². The van der Waals surface area contributed by atoms with E-state index in [2.05, 4.69) is 29.3 Å². The molecule has 0 saturated heterocycles. The first kappa shape index (κ1) is 21.6. The molecule has 1 unspecified atom stereocenters. The second kappa shape index (κ2) is 9.89. The first-order valence-corrected chi connectivity index (χ1v) is 9.17. The van der Waals surface area contributed by atoms with Crippen LogP contribution in [0.25, 0.3) is 10.7 Å². The molecule has 2 aromatic rings. The molecule has 1 amide bonds. The Balaban J connectivity index is 0.00000312. The highest BCUT2D eigenvalue weighted by Gasteiger charge is 2.25. The lowest BCUT2D eigenvalue weighted by Crippen LogP contribution is -2.52. The van der Waals surface area contributed by atoms with Crippen LogP contribution in [-0.4, -0.2) is 28.1 Å². The van der Waals surface area contributed by atoms with Gasteiger partial charge in [-0.15, -0.1) is 23.7 Å². The first-order valence-electron chi connectivity index (χ1n) is 8.29. The van der Waals surface area contributed by atoms with Crippen LogP contribution in [0.5, 0.6) is 0 Å². The summed E-state index contributed by atoms with van der Waals surface area (Å²) in [5.41, 5.74) is 5.48. The Labute approximate surface area is 159 Å². The van der Waals surface area contributed by atoms with E-state index in [0.717, 1.165) is 11.3 Å². The highest BCUT2D eigenvalue weighted by Crippen LogP contribution is 2.21. The average molecular weight is 387 g/mol. The molecular weight excluding hydrogens is 360 g/mol. The lowest BCUT2D eigenvalue weighted by atomic mass is 9.90. The van der Waals surface area contributed by atoms with Crippen molar-refractivity contribution in [2.45, 2.75) is 52.0 Å². The Morgan fingerprint density at radius 1 is 1.48 bits per heavy atom. The van der Waals surface area contributed by atoms with E-state index in [9.17, 15) is 4.79 Å². The maximum atomic E-state index is 12.1. The number of carbonyl (C=O) groups is 1. The SMILES string of the molecule is CC(C)CC(C)(CN)NC(=O)CCCc1nc(-c2cccs2)no1.Cl. The van der Waals surface area contributed by atoms with E-state index in [1.165, 1.54) is 0 Å². The van der Waals surface area contributed by atoms with Crippen LogP contribution in [-0.2, 0) is 11.2 Å². The highest BCUT2D eigenvalue weighted by molar-refractivity contribution is 7.13. The second-order valence-electron chi connectivity index (χ2n) is 6.75. The van der Waals surface area contributed by atoms with Gasteiger partial charge in [0.15, 0.2) is 0 Å². The van der Waals surface area contributed by atoms with Crippen molar-refractivity contribution >= 4 is 29.7 Å². The molecule has 6 nitrogen and oxygen atoms in total. The number of rotatable bonds is 9. The van der Waals surface area contributed by atoms with Crippen molar-refractivity contribution < 1.29 is 9.32 Å². The van der Waals surface area contributed by atoms with E-state index in [-0.39, 0.29) is 23.9 Å². The lowest BCUT2D eigenvalue weighted by Gasteiger charge is -2.31. The Hall–Kier alpha value is -1.44. The second-order valence-corrected chi connectivity index (χ2v) is 7.70. The number of halogens is 1. The van der Waals surface area contributed by atoms with Crippen molar-refractivity contribution in [3.8, 4) is 10.7 Å². The fourth-order valence-electron chi connectivity index (χ4n) is 2.75. The predicted octanol–water partition coefficient (Wildman–Crippen LogP) is 3.42. The maximum Gasteiger partial charge on any atom is 0.226 e. The molecule has 3 N–H and O–H groups in total. The van der Waals surface area contributed by atoms with Gasteiger partial charge in [0.2, 0.25) is 17.6 Å². The smallest absolute Gasteiger partial charge is 0.226 e. The number of nitrogens with zero attached hydrogens (tertiary/aromatic N) is 2. The van der Waals surface area contributed by atoms with E-state index in [1.54, 1.807) is 11.3 Å². The standard InChI is InChI=1S/C17H26N4O2S.ClH/c1-12(2)10-17(3,11-18)20-14(22)7-4-8-15-19-16(21-23-15)13-6-5-9-24-13;/h5-6,9,12H,4,7-8,10-11,18H2,1-3H3,(H,20,22);1H. The number of nitrogens with one attached hydrogen (secondary N) is 1. The van der Waals surface area contributed by atoms with Gasteiger partial charge in [-0.05, 0) is 37.1 Å². The van der Waals surface area contributed by atoms with Gasteiger partial charge in [0, 0.05) is 24.9 Å². The Morgan fingerprint density at radius 3 is 2.84 bits per heavy atom. The monoisotopic (exact) mass is 386 g/mol. The topological polar surface area (TPSA) is 94.0 Å². The summed E-state index contributed by atoms with van der Waals surface area (Å²) in [4.78, 5) is 17.5. The zero-order valence-electron chi connectivity index (χ0n) is 14.9. The first-order chi connectivity index (χ1) is 11.4. The van der Waals surface area contributed by atoms with Gasteiger partial charge in [-0.2, -0.15) is 4.98 Å². The fraction of sp³-hybridized carbons (Fsp3) is 0.588. The van der Waals surface area contributed by atoms with Crippen LogP contribution >= 0.6 is 23.7 Å². The van der Waals surface area contributed by atoms with Crippen LogP contribution in [0.15, 0.2) is 22.0 Å². The predicted molar refractivity (Wildman–Crippen MR) is 103 cm³/mol. The number of amides is 1. The summed E-state index contributed by atoms with van der Waals surface area (Å²) in [5.74, 6) is 1.67. The van der Waals surface area contributed by atoms with Gasteiger partial charge in [0.05, 0.1) is 4.88 Å². The molecular formula is C17H27ClN4O2S. The Morgan fingerprint density at radius 2 is 2.24 bits per heavy atom. The third-order valence-electron chi connectivity index (χ3n) is 3.75. The molecule has 1 atom stereocenters. The van der Waals surface area contributed by atoms with Crippen molar-refractivity contribution in [2.24, 2.45) is 11.7 Å². The van der Waals surface area contributed by atoms with Gasteiger partial charge in [0.25, 0.3) is 0 Å². The van der Waals surface area contributed by atoms with Gasteiger partial charge in [-0.25, -0.2) is 0 Å². The molecule has 0 aliphatic rings. The van der Waals surface area contributed by atoms with Crippen LogP contribution in [0.2, 0.25) is 0 Å². The van der Waals surface area contributed by atoms with Crippen LogP contribution in [0.4, 0.5) is 0 Å². The number of aromatic nitrogens is 2. The number of hydrogen-bond acceptors (Lipinski definition) is 6.